The smallest absolute Gasteiger partial charge is 0.253 e. The van der Waals surface area contributed by atoms with Crippen LogP contribution in [0.3, 0.4) is 0 Å². The summed E-state index contributed by atoms with van der Waals surface area (Å²) in [6.07, 6.45) is 4.60. The van der Waals surface area contributed by atoms with Crippen molar-refractivity contribution < 1.29 is 14.3 Å². The minimum atomic E-state index is -0.186. The summed E-state index contributed by atoms with van der Waals surface area (Å²) in [5.41, 5.74) is 3.08. The lowest BCUT2D eigenvalue weighted by Crippen LogP contribution is -2.27. The van der Waals surface area contributed by atoms with Gasteiger partial charge in [0.25, 0.3) is 5.91 Å². The Balaban J connectivity index is 1.56. The number of Topliss-reactive ketones (excluding diaryl/α,β-unsaturated/α-hetero) is 1. The minimum Gasteiger partial charge on any atom is -0.494 e. The molecule has 1 amide bonds. The predicted octanol–water partition coefficient (Wildman–Crippen LogP) is 2.90. The molecule has 0 bridgehead atoms. The van der Waals surface area contributed by atoms with Crippen molar-refractivity contribution in [2.24, 2.45) is 0 Å². The lowest BCUT2D eigenvalue weighted by atomic mass is 9.93. The van der Waals surface area contributed by atoms with Crippen LogP contribution in [-0.4, -0.2) is 29.8 Å². The van der Waals surface area contributed by atoms with Gasteiger partial charge < -0.3 is 15.0 Å². The third-order valence-electron chi connectivity index (χ3n) is 4.25. The van der Waals surface area contributed by atoms with Crippen LogP contribution in [0.1, 0.15) is 51.7 Å². The first-order valence-electron chi connectivity index (χ1n) is 8.42. The van der Waals surface area contributed by atoms with Crippen molar-refractivity contribution in [1.29, 1.82) is 0 Å². The van der Waals surface area contributed by atoms with Gasteiger partial charge in [0, 0.05) is 24.9 Å². The standard InChI is InChI=1S/C19H22N2O3/c1-2-24-14-8-6-13(7-9-14)10-11-20-19(23)15-12-21-16-4-3-5-17(22)18(15)16/h6-9,12,21H,2-5,10-11H2,1H3,(H,20,23). The van der Waals surface area contributed by atoms with Crippen molar-refractivity contribution in [3.8, 4) is 5.75 Å². The molecule has 1 aromatic carbocycles. The molecule has 0 saturated carbocycles. The fourth-order valence-electron chi connectivity index (χ4n) is 3.05. The number of H-pyrrole nitrogens is 1. The van der Waals surface area contributed by atoms with Gasteiger partial charge in [-0.3, -0.25) is 9.59 Å². The highest BCUT2D eigenvalue weighted by Crippen LogP contribution is 2.23. The summed E-state index contributed by atoms with van der Waals surface area (Å²) in [5, 5.41) is 2.90. The summed E-state index contributed by atoms with van der Waals surface area (Å²) >= 11 is 0. The third-order valence-corrected chi connectivity index (χ3v) is 4.25. The van der Waals surface area contributed by atoms with Gasteiger partial charge in [-0.15, -0.1) is 0 Å². The molecule has 24 heavy (non-hydrogen) atoms. The molecule has 0 saturated heterocycles. The van der Waals surface area contributed by atoms with Crippen LogP contribution in [0.15, 0.2) is 30.5 Å². The van der Waals surface area contributed by atoms with Crippen LogP contribution in [0.2, 0.25) is 0 Å². The number of aryl methyl sites for hydroxylation is 1. The van der Waals surface area contributed by atoms with Crippen molar-refractivity contribution in [2.45, 2.75) is 32.6 Å². The molecule has 0 fully saturated rings. The molecule has 3 rings (SSSR count). The largest absolute Gasteiger partial charge is 0.494 e. The number of ketones is 1. The number of hydrogen-bond donors (Lipinski definition) is 2. The predicted molar refractivity (Wildman–Crippen MR) is 91.7 cm³/mol. The Morgan fingerprint density at radius 2 is 2.04 bits per heavy atom. The molecule has 0 atom stereocenters. The second-order valence-electron chi connectivity index (χ2n) is 5.92. The number of hydrogen-bond acceptors (Lipinski definition) is 3. The minimum absolute atomic E-state index is 0.0640. The summed E-state index contributed by atoms with van der Waals surface area (Å²) < 4.78 is 5.41. The molecule has 5 heteroatoms. The number of fused-ring (bicyclic) bond motifs is 1. The van der Waals surface area contributed by atoms with Crippen molar-refractivity contribution in [3.63, 3.8) is 0 Å². The molecule has 0 radical (unpaired) electrons. The number of amides is 1. The van der Waals surface area contributed by atoms with Crippen LogP contribution in [0, 0.1) is 0 Å². The maximum atomic E-state index is 12.3. The van der Waals surface area contributed by atoms with E-state index in [1.807, 2.05) is 31.2 Å². The summed E-state index contributed by atoms with van der Waals surface area (Å²) in [4.78, 5) is 27.5. The van der Waals surface area contributed by atoms with Crippen molar-refractivity contribution in [3.05, 3.63) is 52.8 Å². The van der Waals surface area contributed by atoms with Crippen molar-refractivity contribution >= 4 is 11.7 Å². The van der Waals surface area contributed by atoms with Gasteiger partial charge in [-0.1, -0.05) is 12.1 Å². The average Bonchev–Trinajstić information content (AvgIpc) is 3.02. The van der Waals surface area contributed by atoms with Gasteiger partial charge in [-0.05, 0) is 43.9 Å². The van der Waals surface area contributed by atoms with Gasteiger partial charge in [0.15, 0.2) is 5.78 Å². The Bertz CT molecular complexity index is 732. The summed E-state index contributed by atoms with van der Waals surface area (Å²) in [7, 11) is 0. The Labute approximate surface area is 141 Å². The molecular weight excluding hydrogens is 304 g/mol. The van der Waals surface area contributed by atoms with Crippen LogP contribution in [0.4, 0.5) is 0 Å². The van der Waals surface area contributed by atoms with Crippen molar-refractivity contribution in [1.82, 2.24) is 10.3 Å². The molecule has 1 aliphatic carbocycles. The molecule has 2 aromatic rings. The number of rotatable bonds is 6. The second kappa shape index (κ2) is 7.34. The van der Waals surface area contributed by atoms with E-state index in [0.717, 1.165) is 36.3 Å². The van der Waals surface area contributed by atoms with Gasteiger partial charge in [0.2, 0.25) is 0 Å². The molecule has 0 unspecified atom stereocenters. The fourth-order valence-corrected chi connectivity index (χ4v) is 3.05. The van der Waals surface area contributed by atoms with Crippen LogP contribution in [0.5, 0.6) is 5.75 Å². The monoisotopic (exact) mass is 326 g/mol. The number of ether oxygens (including phenoxy) is 1. The first kappa shape index (κ1) is 16.3. The zero-order valence-corrected chi connectivity index (χ0v) is 13.9. The molecule has 0 spiro atoms. The van der Waals surface area contributed by atoms with E-state index < -0.39 is 0 Å². The highest BCUT2D eigenvalue weighted by molar-refractivity contribution is 6.09. The van der Waals surface area contributed by atoms with E-state index in [-0.39, 0.29) is 11.7 Å². The molecule has 1 aliphatic rings. The molecular formula is C19H22N2O3. The summed E-state index contributed by atoms with van der Waals surface area (Å²) in [6, 6.07) is 7.86. The Morgan fingerprint density at radius 3 is 2.79 bits per heavy atom. The lowest BCUT2D eigenvalue weighted by Gasteiger charge is -2.12. The van der Waals surface area contributed by atoms with E-state index in [0.29, 0.717) is 30.7 Å². The number of aromatic nitrogens is 1. The molecule has 0 aliphatic heterocycles. The van der Waals surface area contributed by atoms with E-state index in [1.54, 1.807) is 6.20 Å². The van der Waals surface area contributed by atoms with E-state index in [4.69, 9.17) is 4.74 Å². The zero-order valence-electron chi connectivity index (χ0n) is 13.9. The van der Waals surface area contributed by atoms with Gasteiger partial charge in [-0.2, -0.15) is 0 Å². The Morgan fingerprint density at radius 1 is 1.25 bits per heavy atom. The summed E-state index contributed by atoms with van der Waals surface area (Å²) in [6.45, 7) is 3.13. The fraction of sp³-hybridized carbons (Fsp3) is 0.368. The van der Waals surface area contributed by atoms with Crippen molar-refractivity contribution in [2.75, 3.05) is 13.2 Å². The number of aromatic amines is 1. The van der Waals surface area contributed by atoms with Crippen LogP contribution >= 0.6 is 0 Å². The topological polar surface area (TPSA) is 71.2 Å². The Hall–Kier alpha value is -2.56. The molecule has 5 nitrogen and oxygen atoms in total. The van der Waals surface area contributed by atoms with Gasteiger partial charge in [0.05, 0.1) is 17.7 Å². The highest BCUT2D eigenvalue weighted by atomic mass is 16.5. The normalized spacial score (nSPS) is 13.5. The molecule has 1 aromatic heterocycles. The number of carbonyl (C=O) groups excluding carboxylic acids is 2. The quantitative estimate of drug-likeness (QED) is 0.857. The van der Waals surface area contributed by atoms with Gasteiger partial charge in [-0.25, -0.2) is 0 Å². The highest BCUT2D eigenvalue weighted by Gasteiger charge is 2.25. The third kappa shape index (κ3) is 3.50. The average molecular weight is 326 g/mol. The number of benzene rings is 1. The van der Waals surface area contributed by atoms with E-state index in [1.165, 1.54) is 0 Å². The maximum absolute atomic E-state index is 12.3. The lowest BCUT2D eigenvalue weighted by molar-refractivity contribution is 0.0928. The van der Waals surface area contributed by atoms with Crippen LogP contribution in [0.25, 0.3) is 0 Å². The van der Waals surface area contributed by atoms with Crippen LogP contribution in [-0.2, 0) is 12.8 Å². The first-order chi connectivity index (χ1) is 11.7. The number of carbonyl (C=O) groups is 2. The zero-order chi connectivity index (χ0) is 16.9. The maximum Gasteiger partial charge on any atom is 0.253 e. The van der Waals surface area contributed by atoms with E-state index >= 15 is 0 Å². The van der Waals surface area contributed by atoms with Gasteiger partial charge >= 0.3 is 0 Å². The summed E-state index contributed by atoms with van der Waals surface area (Å²) in [5.74, 6) is 0.727. The SMILES string of the molecule is CCOc1ccc(CCNC(=O)c2c[nH]c3c2C(=O)CCC3)cc1. The molecule has 1 heterocycles. The molecule has 126 valence electrons. The second-order valence-corrected chi connectivity index (χ2v) is 5.92. The van der Waals surface area contributed by atoms with E-state index in [2.05, 4.69) is 10.3 Å². The van der Waals surface area contributed by atoms with Crippen LogP contribution < -0.4 is 10.1 Å². The first-order valence-corrected chi connectivity index (χ1v) is 8.42. The number of nitrogens with one attached hydrogen (secondary N) is 2. The van der Waals surface area contributed by atoms with E-state index in [9.17, 15) is 9.59 Å². The van der Waals surface area contributed by atoms with Gasteiger partial charge in [0.1, 0.15) is 5.75 Å². The molecule has 2 N–H and O–H groups in total. The Kier molecular flexibility index (Phi) is 4.99.